The van der Waals surface area contributed by atoms with E-state index < -0.39 is 59.6 Å². The summed E-state index contributed by atoms with van der Waals surface area (Å²) in [6, 6.07) is -0.918. The Balaban J connectivity index is 1.43. The largest absolute Gasteiger partial charge is 0.458 e. The lowest BCUT2D eigenvalue weighted by Gasteiger charge is -2.27. The van der Waals surface area contributed by atoms with Crippen molar-refractivity contribution >= 4 is 40.6 Å². The lowest BCUT2D eigenvalue weighted by Crippen LogP contribution is -2.47. The number of esters is 1. The fourth-order valence-corrected chi connectivity index (χ4v) is 4.88. The van der Waals surface area contributed by atoms with E-state index in [9.17, 15) is 9.59 Å². The zero-order chi connectivity index (χ0) is 30.3. The molecule has 2 aromatic heterocycles. The summed E-state index contributed by atoms with van der Waals surface area (Å²) < 4.78 is 31.3. The molecule has 4 rings (SSSR count). The SMILES string of the molecule is CC(C)(C)OC(=O)N[C@@H](CCNC[C@H]1O[C@@H](n2cnc3c(N)nc(Cl)nc32)[C@@H]2OC(C)(C)O[C@@H]21)C(=O)OC(C)(C)C. The van der Waals surface area contributed by atoms with E-state index in [-0.39, 0.29) is 17.5 Å². The molecule has 0 radical (unpaired) electrons. The highest BCUT2D eigenvalue weighted by Gasteiger charge is 2.56. The van der Waals surface area contributed by atoms with Crippen LogP contribution in [0.5, 0.6) is 0 Å². The average Bonchev–Trinajstić information content (AvgIpc) is 3.44. The first-order valence-corrected chi connectivity index (χ1v) is 13.9. The Hall–Kier alpha value is -2.78. The summed E-state index contributed by atoms with van der Waals surface area (Å²) in [4.78, 5) is 37.8. The zero-order valence-electron chi connectivity index (χ0n) is 24.7. The van der Waals surface area contributed by atoms with Gasteiger partial charge in [0.05, 0.1) is 6.33 Å². The molecular formula is C26H40ClN7O7. The minimum Gasteiger partial charge on any atom is -0.458 e. The van der Waals surface area contributed by atoms with Gasteiger partial charge in [0.15, 0.2) is 23.5 Å². The number of carbonyl (C=O) groups is 2. The molecular weight excluding hydrogens is 558 g/mol. The Morgan fingerprint density at radius 2 is 1.78 bits per heavy atom. The lowest BCUT2D eigenvalue weighted by molar-refractivity contribution is -0.195. The highest BCUT2D eigenvalue weighted by atomic mass is 35.5. The van der Waals surface area contributed by atoms with Crippen LogP contribution in [-0.2, 0) is 28.5 Å². The molecule has 2 saturated heterocycles. The second-order valence-electron chi connectivity index (χ2n) is 12.6. The Morgan fingerprint density at radius 1 is 1.12 bits per heavy atom. The first kappa shape index (κ1) is 31.2. The van der Waals surface area contributed by atoms with E-state index in [4.69, 9.17) is 41.0 Å². The summed E-state index contributed by atoms with van der Waals surface area (Å²) in [5, 5.41) is 5.93. The molecule has 0 spiro atoms. The highest BCUT2D eigenvalue weighted by Crippen LogP contribution is 2.43. The molecule has 2 fully saturated rings. The van der Waals surface area contributed by atoms with Crippen LogP contribution in [0, 0.1) is 0 Å². The molecule has 0 bridgehead atoms. The number of ether oxygens (including phenoxy) is 5. The van der Waals surface area contributed by atoms with Crippen molar-refractivity contribution < 1.29 is 33.3 Å². The maximum absolute atomic E-state index is 12.8. The van der Waals surface area contributed by atoms with E-state index in [0.29, 0.717) is 24.3 Å². The smallest absolute Gasteiger partial charge is 0.408 e. The van der Waals surface area contributed by atoms with E-state index in [2.05, 4.69) is 25.6 Å². The fourth-order valence-electron chi connectivity index (χ4n) is 4.71. The number of amides is 1. The van der Waals surface area contributed by atoms with Gasteiger partial charge in [-0.3, -0.25) is 4.57 Å². The van der Waals surface area contributed by atoms with Crippen LogP contribution < -0.4 is 16.4 Å². The van der Waals surface area contributed by atoms with Crippen molar-refractivity contribution in [3.05, 3.63) is 11.6 Å². The molecule has 0 unspecified atom stereocenters. The van der Waals surface area contributed by atoms with Gasteiger partial charge in [-0.2, -0.15) is 9.97 Å². The number of alkyl carbamates (subject to hydrolysis) is 1. The summed E-state index contributed by atoms with van der Waals surface area (Å²) in [5.41, 5.74) is 5.37. The van der Waals surface area contributed by atoms with Gasteiger partial charge in [0.2, 0.25) is 5.28 Å². The Morgan fingerprint density at radius 3 is 2.44 bits per heavy atom. The van der Waals surface area contributed by atoms with Crippen LogP contribution in [0.3, 0.4) is 0 Å². The van der Waals surface area contributed by atoms with Gasteiger partial charge in [0.1, 0.15) is 41.1 Å². The van der Waals surface area contributed by atoms with Crippen molar-refractivity contribution in [2.45, 2.75) is 109 Å². The maximum atomic E-state index is 12.8. The van der Waals surface area contributed by atoms with Crippen LogP contribution in [0.2, 0.25) is 5.28 Å². The maximum Gasteiger partial charge on any atom is 0.408 e. The third-order valence-electron chi connectivity index (χ3n) is 6.16. The molecule has 5 atom stereocenters. The van der Waals surface area contributed by atoms with Crippen LogP contribution in [0.4, 0.5) is 10.6 Å². The average molecular weight is 598 g/mol. The van der Waals surface area contributed by atoms with Gasteiger partial charge in [-0.1, -0.05) is 0 Å². The number of nitrogens with one attached hydrogen (secondary N) is 2. The second kappa shape index (κ2) is 11.5. The monoisotopic (exact) mass is 597 g/mol. The standard InChI is InChI=1S/C26H40ClN7O7/c1-24(2,3)40-21(35)13(31-23(36)41-25(4,5)6)9-10-29-11-14-16-17(39-26(7,8)38-16)20(37-14)34-12-30-15-18(28)32-22(27)33-19(15)34/h12-14,16-17,20,29H,9-11H2,1-8H3,(H,31,36)(H2,28,32,33)/t13-,14+,16+,17+,20+/m0/s1. The highest BCUT2D eigenvalue weighted by molar-refractivity contribution is 6.28. The van der Waals surface area contributed by atoms with Gasteiger partial charge < -0.3 is 40.1 Å². The number of carbonyl (C=O) groups excluding carboxylic acids is 2. The number of nitrogens with zero attached hydrogens (tertiary/aromatic N) is 4. The molecule has 41 heavy (non-hydrogen) atoms. The molecule has 4 N–H and O–H groups in total. The van der Waals surface area contributed by atoms with Crippen LogP contribution in [0.15, 0.2) is 6.33 Å². The quantitative estimate of drug-likeness (QED) is 0.231. The number of nitrogen functional groups attached to an aromatic ring is 1. The number of fused-ring (bicyclic) bond motifs is 2. The fraction of sp³-hybridized carbons (Fsp3) is 0.731. The molecule has 2 aromatic rings. The van der Waals surface area contributed by atoms with E-state index in [1.165, 1.54) is 0 Å². The first-order chi connectivity index (χ1) is 18.9. The summed E-state index contributed by atoms with van der Waals surface area (Å²) >= 11 is 6.06. The predicted octanol–water partition coefficient (Wildman–Crippen LogP) is 2.69. The first-order valence-electron chi connectivity index (χ1n) is 13.5. The molecule has 4 heterocycles. The van der Waals surface area contributed by atoms with Crippen molar-refractivity contribution in [3.63, 3.8) is 0 Å². The van der Waals surface area contributed by atoms with Gasteiger partial charge in [-0.25, -0.2) is 14.6 Å². The second-order valence-corrected chi connectivity index (χ2v) is 12.9. The summed E-state index contributed by atoms with van der Waals surface area (Å²) in [6.07, 6.45) is -0.795. The summed E-state index contributed by atoms with van der Waals surface area (Å²) in [5.74, 6) is -1.23. The van der Waals surface area contributed by atoms with Gasteiger partial charge in [0, 0.05) is 6.54 Å². The van der Waals surface area contributed by atoms with Gasteiger partial charge in [-0.15, -0.1) is 0 Å². The molecule has 1 amide bonds. The summed E-state index contributed by atoms with van der Waals surface area (Å²) in [7, 11) is 0. The van der Waals surface area contributed by atoms with Crippen LogP contribution in [0.1, 0.15) is 68.0 Å². The Kier molecular flexibility index (Phi) is 8.72. The number of aromatic nitrogens is 4. The molecule has 0 saturated carbocycles. The lowest BCUT2D eigenvalue weighted by atomic mass is 10.1. The van der Waals surface area contributed by atoms with Crippen LogP contribution in [-0.4, -0.2) is 86.0 Å². The topological polar surface area (TPSA) is 174 Å². The molecule has 2 aliphatic rings. The van der Waals surface area contributed by atoms with Crippen LogP contribution >= 0.6 is 11.6 Å². The minimum absolute atomic E-state index is 0.00651. The normalized spacial score (nSPS) is 24.7. The van der Waals surface area contributed by atoms with Crippen molar-refractivity contribution in [1.82, 2.24) is 30.2 Å². The van der Waals surface area contributed by atoms with Crippen LogP contribution in [0.25, 0.3) is 11.2 Å². The Labute approximate surface area is 243 Å². The molecule has 2 aliphatic heterocycles. The van der Waals surface area contributed by atoms with Crippen molar-refractivity contribution in [1.29, 1.82) is 0 Å². The number of nitrogens with two attached hydrogens (primary N) is 1. The third-order valence-corrected chi connectivity index (χ3v) is 6.33. The number of anilines is 1. The molecule has 15 heteroatoms. The number of hydrogen-bond acceptors (Lipinski definition) is 12. The molecule has 0 aromatic carbocycles. The van der Waals surface area contributed by atoms with Gasteiger partial charge in [0.25, 0.3) is 0 Å². The minimum atomic E-state index is -0.918. The number of imidazole rings is 1. The van der Waals surface area contributed by atoms with Crippen molar-refractivity contribution in [2.24, 2.45) is 0 Å². The van der Waals surface area contributed by atoms with Crippen molar-refractivity contribution in [3.8, 4) is 0 Å². The molecule has 0 aliphatic carbocycles. The predicted molar refractivity (Wildman–Crippen MR) is 149 cm³/mol. The number of hydrogen-bond donors (Lipinski definition) is 3. The zero-order valence-corrected chi connectivity index (χ0v) is 25.4. The van der Waals surface area contributed by atoms with E-state index >= 15 is 0 Å². The van der Waals surface area contributed by atoms with Crippen molar-refractivity contribution in [2.75, 3.05) is 18.8 Å². The number of rotatable bonds is 8. The van der Waals surface area contributed by atoms with Gasteiger partial charge >= 0.3 is 12.1 Å². The Bertz CT molecular complexity index is 1270. The van der Waals surface area contributed by atoms with Gasteiger partial charge in [-0.05, 0) is 80.0 Å². The van der Waals surface area contributed by atoms with E-state index in [1.54, 1.807) is 52.4 Å². The van der Waals surface area contributed by atoms with E-state index in [0.717, 1.165) is 0 Å². The molecule has 14 nitrogen and oxygen atoms in total. The molecule has 228 valence electrons. The number of halogens is 1. The van der Waals surface area contributed by atoms with E-state index in [1.807, 2.05) is 13.8 Å². The summed E-state index contributed by atoms with van der Waals surface area (Å²) in [6.45, 7) is 14.9. The third kappa shape index (κ3) is 7.74.